The number of nitro groups is 1. The molecule has 1 heterocycles. The maximum Gasteiger partial charge on any atom is 0.298 e. The van der Waals surface area contributed by atoms with E-state index in [2.05, 4.69) is 20.9 Å². The van der Waals surface area contributed by atoms with Gasteiger partial charge in [-0.2, -0.15) is 0 Å². The molecule has 0 amide bonds. The average molecular weight is 364 g/mol. The van der Waals surface area contributed by atoms with E-state index in [0.717, 1.165) is 5.56 Å². The van der Waals surface area contributed by atoms with Crippen LogP contribution in [0.2, 0.25) is 0 Å². The van der Waals surface area contributed by atoms with Crippen LogP contribution in [-0.2, 0) is 6.54 Å². The molecular weight excluding hydrogens is 353 g/mol. The molecule has 0 saturated heterocycles. The Bertz CT molecular complexity index is 892. The second kappa shape index (κ2) is 5.49. The molecule has 7 heteroatoms. The molecule has 0 aliphatic carbocycles. The lowest BCUT2D eigenvalue weighted by molar-refractivity contribution is -0.383. The van der Waals surface area contributed by atoms with E-state index >= 15 is 0 Å². The topological polar surface area (TPSA) is 61.0 Å². The van der Waals surface area contributed by atoms with E-state index in [4.69, 9.17) is 0 Å². The van der Waals surface area contributed by atoms with Crippen LogP contribution in [0.15, 0.2) is 40.9 Å². The highest BCUT2D eigenvalue weighted by atomic mass is 79.9. The van der Waals surface area contributed by atoms with E-state index in [0.29, 0.717) is 27.9 Å². The van der Waals surface area contributed by atoms with Crippen LogP contribution in [0.1, 0.15) is 11.4 Å². The lowest BCUT2D eigenvalue weighted by Crippen LogP contribution is -2.02. The van der Waals surface area contributed by atoms with Gasteiger partial charge in [-0.05, 0) is 30.7 Å². The summed E-state index contributed by atoms with van der Waals surface area (Å²) in [5.74, 6) is 0.326. The van der Waals surface area contributed by atoms with Crippen LogP contribution >= 0.6 is 15.9 Å². The van der Waals surface area contributed by atoms with E-state index in [1.54, 1.807) is 25.1 Å². The third-order valence-electron chi connectivity index (χ3n) is 3.42. The van der Waals surface area contributed by atoms with Gasteiger partial charge < -0.3 is 4.57 Å². The van der Waals surface area contributed by atoms with E-state index < -0.39 is 4.92 Å². The van der Waals surface area contributed by atoms with E-state index in [9.17, 15) is 14.5 Å². The van der Waals surface area contributed by atoms with Crippen molar-refractivity contribution in [3.05, 3.63) is 68.2 Å². The van der Waals surface area contributed by atoms with Gasteiger partial charge in [-0.3, -0.25) is 10.1 Å². The molecule has 3 rings (SSSR count). The number of nitro benzene ring substituents is 1. The molecule has 22 heavy (non-hydrogen) atoms. The number of fused-ring (bicyclic) bond motifs is 1. The van der Waals surface area contributed by atoms with Crippen molar-refractivity contribution in [2.45, 2.75) is 13.5 Å². The lowest BCUT2D eigenvalue weighted by Gasteiger charge is -2.07. The second-order valence-electron chi connectivity index (χ2n) is 4.92. The van der Waals surface area contributed by atoms with Crippen LogP contribution in [0.25, 0.3) is 11.0 Å². The number of aromatic nitrogens is 2. The Labute approximate surface area is 133 Å². The molecule has 0 atom stereocenters. The van der Waals surface area contributed by atoms with Crippen LogP contribution in [0.4, 0.5) is 10.1 Å². The maximum absolute atomic E-state index is 13.3. The van der Waals surface area contributed by atoms with Gasteiger partial charge >= 0.3 is 0 Å². The molecular formula is C15H11BrFN3O2. The minimum absolute atomic E-state index is 0.0505. The quantitative estimate of drug-likeness (QED) is 0.517. The number of nitrogens with zero attached hydrogens (tertiary/aromatic N) is 3. The Morgan fingerprint density at radius 2 is 2.14 bits per heavy atom. The Balaban J connectivity index is 2.18. The molecule has 5 nitrogen and oxygen atoms in total. The van der Waals surface area contributed by atoms with Crippen molar-refractivity contribution in [1.29, 1.82) is 0 Å². The summed E-state index contributed by atoms with van der Waals surface area (Å²) in [6.07, 6.45) is 0. The fourth-order valence-electron chi connectivity index (χ4n) is 2.44. The molecule has 0 radical (unpaired) electrons. The van der Waals surface area contributed by atoms with Crippen molar-refractivity contribution in [1.82, 2.24) is 9.55 Å². The fraction of sp³-hybridized carbons (Fsp3) is 0.133. The summed E-state index contributed by atoms with van der Waals surface area (Å²) in [5, 5.41) is 11.2. The zero-order valence-electron chi connectivity index (χ0n) is 11.6. The summed E-state index contributed by atoms with van der Waals surface area (Å²) in [7, 11) is 0. The molecule has 3 aromatic rings. The first-order chi connectivity index (χ1) is 10.5. The predicted molar refractivity (Wildman–Crippen MR) is 84.3 cm³/mol. The van der Waals surface area contributed by atoms with Gasteiger partial charge in [-0.15, -0.1) is 0 Å². The van der Waals surface area contributed by atoms with Crippen LogP contribution < -0.4 is 0 Å². The monoisotopic (exact) mass is 363 g/mol. The number of benzene rings is 2. The fourth-order valence-corrected chi connectivity index (χ4v) is 2.88. The highest BCUT2D eigenvalue weighted by Crippen LogP contribution is 2.30. The third kappa shape index (κ3) is 2.59. The van der Waals surface area contributed by atoms with Crippen molar-refractivity contribution < 1.29 is 9.31 Å². The molecule has 0 aliphatic rings. The Morgan fingerprint density at radius 1 is 1.36 bits per heavy atom. The van der Waals surface area contributed by atoms with Gasteiger partial charge in [-0.1, -0.05) is 28.1 Å². The van der Waals surface area contributed by atoms with Crippen LogP contribution in [0.3, 0.4) is 0 Å². The summed E-state index contributed by atoms with van der Waals surface area (Å²) >= 11 is 3.29. The normalized spacial score (nSPS) is 11.0. The SMILES string of the molecule is Cc1nc2c([N+](=O)[O-])cc(Br)cc2n1Cc1cccc(F)c1. The summed E-state index contributed by atoms with van der Waals surface area (Å²) in [6.45, 7) is 2.17. The molecule has 0 saturated carbocycles. The number of aryl methyl sites for hydroxylation is 1. The average Bonchev–Trinajstić information content (AvgIpc) is 2.75. The van der Waals surface area contributed by atoms with Crippen molar-refractivity contribution in [2.24, 2.45) is 0 Å². The van der Waals surface area contributed by atoms with Crippen molar-refractivity contribution in [3.63, 3.8) is 0 Å². The molecule has 0 unspecified atom stereocenters. The predicted octanol–water partition coefficient (Wildman–Crippen LogP) is 4.20. The molecule has 1 aromatic heterocycles. The largest absolute Gasteiger partial charge is 0.323 e. The van der Waals surface area contributed by atoms with E-state index in [1.807, 2.05) is 4.57 Å². The minimum atomic E-state index is -0.452. The van der Waals surface area contributed by atoms with Gasteiger partial charge in [0.1, 0.15) is 11.6 Å². The molecule has 0 N–H and O–H groups in total. The lowest BCUT2D eigenvalue weighted by atomic mass is 10.2. The van der Waals surface area contributed by atoms with E-state index in [1.165, 1.54) is 18.2 Å². The maximum atomic E-state index is 13.3. The minimum Gasteiger partial charge on any atom is -0.323 e. The zero-order valence-corrected chi connectivity index (χ0v) is 13.2. The van der Waals surface area contributed by atoms with Crippen molar-refractivity contribution in [3.8, 4) is 0 Å². The van der Waals surface area contributed by atoms with Gasteiger partial charge in [0.05, 0.1) is 10.4 Å². The second-order valence-corrected chi connectivity index (χ2v) is 5.84. The van der Waals surface area contributed by atoms with Gasteiger partial charge in [-0.25, -0.2) is 9.37 Å². The summed E-state index contributed by atoms with van der Waals surface area (Å²) in [6, 6.07) is 9.47. The Hall–Kier alpha value is -2.28. The first-order valence-corrected chi connectivity index (χ1v) is 7.30. The Morgan fingerprint density at radius 3 is 2.82 bits per heavy atom. The Kier molecular flexibility index (Phi) is 3.66. The highest BCUT2D eigenvalue weighted by molar-refractivity contribution is 9.10. The number of rotatable bonds is 3. The highest BCUT2D eigenvalue weighted by Gasteiger charge is 2.19. The number of hydrogen-bond acceptors (Lipinski definition) is 3. The van der Waals surface area contributed by atoms with Crippen molar-refractivity contribution >= 4 is 32.7 Å². The summed E-state index contributed by atoms with van der Waals surface area (Å²) < 4.78 is 15.8. The zero-order chi connectivity index (χ0) is 15.9. The molecule has 2 aromatic carbocycles. The molecule has 112 valence electrons. The molecule has 0 bridgehead atoms. The summed E-state index contributed by atoms with van der Waals surface area (Å²) in [4.78, 5) is 15.0. The smallest absolute Gasteiger partial charge is 0.298 e. The van der Waals surface area contributed by atoms with Crippen LogP contribution in [0, 0.1) is 22.9 Å². The van der Waals surface area contributed by atoms with E-state index in [-0.39, 0.29) is 11.5 Å². The van der Waals surface area contributed by atoms with Crippen LogP contribution in [-0.4, -0.2) is 14.5 Å². The number of hydrogen-bond donors (Lipinski definition) is 0. The van der Waals surface area contributed by atoms with Crippen molar-refractivity contribution in [2.75, 3.05) is 0 Å². The first kappa shape index (κ1) is 14.6. The van der Waals surface area contributed by atoms with Gasteiger partial charge in [0.25, 0.3) is 5.69 Å². The summed E-state index contributed by atoms with van der Waals surface area (Å²) in [5.41, 5.74) is 1.69. The van der Waals surface area contributed by atoms with Gasteiger partial charge in [0, 0.05) is 17.1 Å². The number of non-ortho nitro benzene ring substituents is 1. The molecule has 0 spiro atoms. The number of imidazole rings is 1. The van der Waals surface area contributed by atoms with Gasteiger partial charge in [0.2, 0.25) is 0 Å². The molecule has 0 aliphatic heterocycles. The number of halogens is 2. The third-order valence-corrected chi connectivity index (χ3v) is 3.87. The van der Waals surface area contributed by atoms with Crippen LogP contribution in [0.5, 0.6) is 0 Å². The molecule has 0 fully saturated rings. The standard InChI is InChI=1S/C15H11BrFN3O2/c1-9-18-15-13(6-11(16)7-14(15)20(21)22)19(9)8-10-3-2-4-12(17)5-10/h2-7H,8H2,1H3. The van der Waals surface area contributed by atoms with Gasteiger partial charge in [0.15, 0.2) is 5.52 Å². The first-order valence-electron chi connectivity index (χ1n) is 6.51.